The van der Waals surface area contributed by atoms with Gasteiger partial charge in [-0.15, -0.1) is 10.2 Å². The number of carboxylic acid groups (broad SMARTS) is 1. The van der Waals surface area contributed by atoms with Gasteiger partial charge in [0.2, 0.25) is 5.88 Å². The normalized spacial score (nSPS) is 9.95. The molecule has 1 aromatic heterocycles. The number of carbonyl (C=O) groups is 1. The fourth-order valence-electron chi connectivity index (χ4n) is 1.46. The van der Waals surface area contributed by atoms with Gasteiger partial charge in [-0.05, 0) is 12.1 Å². The molecule has 0 saturated heterocycles. The lowest BCUT2D eigenvalue weighted by Gasteiger charge is -2.08. The van der Waals surface area contributed by atoms with Gasteiger partial charge in [-0.1, -0.05) is 0 Å². The second-order valence-electron chi connectivity index (χ2n) is 3.76. The zero-order valence-corrected chi connectivity index (χ0v) is 10.7. The first-order chi connectivity index (χ1) is 10.0. The van der Waals surface area contributed by atoms with E-state index in [2.05, 4.69) is 10.2 Å². The van der Waals surface area contributed by atoms with E-state index in [9.17, 15) is 14.9 Å². The number of rotatable bonds is 5. The second-order valence-corrected chi connectivity index (χ2v) is 3.76. The van der Waals surface area contributed by atoms with Crippen molar-refractivity contribution in [2.24, 2.45) is 0 Å². The molecule has 108 valence electrons. The molecule has 0 aliphatic rings. The molecule has 0 atom stereocenters. The molecule has 0 fully saturated rings. The Labute approximate surface area is 117 Å². The molecule has 0 radical (unpaired) electrons. The summed E-state index contributed by atoms with van der Waals surface area (Å²) in [6.07, 6.45) is 0. The van der Waals surface area contributed by atoms with Gasteiger partial charge in [0, 0.05) is 12.1 Å². The van der Waals surface area contributed by atoms with E-state index in [4.69, 9.17) is 14.6 Å². The average molecular weight is 291 g/mol. The Bertz CT molecular complexity index is 686. The number of nitrogens with zero attached hydrogens (tertiary/aromatic N) is 3. The molecule has 0 aliphatic heterocycles. The minimum absolute atomic E-state index is 0.0344. The number of nitro groups is 1. The first-order valence-corrected chi connectivity index (χ1v) is 5.58. The van der Waals surface area contributed by atoms with Gasteiger partial charge in [0.15, 0.2) is 17.2 Å². The van der Waals surface area contributed by atoms with Gasteiger partial charge in [0.1, 0.15) is 0 Å². The van der Waals surface area contributed by atoms with Gasteiger partial charge in [-0.3, -0.25) is 10.1 Å². The summed E-state index contributed by atoms with van der Waals surface area (Å²) >= 11 is 0. The highest BCUT2D eigenvalue weighted by Gasteiger charge is 2.14. The molecule has 21 heavy (non-hydrogen) atoms. The summed E-state index contributed by atoms with van der Waals surface area (Å²) < 4.78 is 10.4. The van der Waals surface area contributed by atoms with Crippen molar-refractivity contribution in [3.63, 3.8) is 0 Å². The molecule has 0 saturated carbocycles. The van der Waals surface area contributed by atoms with Crippen molar-refractivity contribution >= 4 is 11.7 Å². The van der Waals surface area contributed by atoms with Crippen LogP contribution in [0.25, 0.3) is 0 Å². The molecule has 0 spiro atoms. The van der Waals surface area contributed by atoms with Gasteiger partial charge < -0.3 is 14.6 Å². The number of ether oxygens (including phenoxy) is 2. The molecule has 2 aromatic rings. The number of aromatic nitrogens is 2. The number of hydrogen-bond donors (Lipinski definition) is 1. The lowest BCUT2D eigenvalue weighted by Crippen LogP contribution is -2.02. The van der Waals surface area contributed by atoms with Crippen LogP contribution in [0.1, 0.15) is 10.5 Å². The van der Waals surface area contributed by atoms with E-state index in [-0.39, 0.29) is 28.8 Å². The quantitative estimate of drug-likeness (QED) is 0.653. The molecule has 0 amide bonds. The van der Waals surface area contributed by atoms with Crippen LogP contribution in [0.15, 0.2) is 30.3 Å². The Morgan fingerprint density at radius 2 is 2.00 bits per heavy atom. The van der Waals surface area contributed by atoms with Crippen molar-refractivity contribution in [3.8, 4) is 17.4 Å². The molecule has 1 N–H and O–H groups in total. The summed E-state index contributed by atoms with van der Waals surface area (Å²) in [4.78, 5) is 20.8. The zero-order chi connectivity index (χ0) is 15.4. The molecule has 1 aromatic carbocycles. The summed E-state index contributed by atoms with van der Waals surface area (Å²) in [6, 6.07) is 6.34. The third kappa shape index (κ3) is 3.21. The standard InChI is InChI=1S/C12H9N3O6/c1-20-10-6-7(15(18)19)2-4-9(10)21-11-5-3-8(12(16)17)13-14-11/h2-6H,1H3,(H,16,17). The molecule has 0 aliphatic carbocycles. The van der Waals surface area contributed by atoms with E-state index in [0.29, 0.717) is 0 Å². The molecular formula is C12H9N3O6. The molecule has 9 heteroatoms. The van der Waals surface area contributed by atoms with Crippen LogP contribution in [0.5, 0.6) is 17.4 Å². The summed E-state index contributed by atoms with van der Waals surface area (Å²) in [6.45, 7) is 0. The third-order valence-electron chi connectivity index (χ3n) is 2.43. The van der Waals surface area contributed by atoms with Crippen molar-refractivity contribution in [1.29, 1.82) is 0 Å². The van der Waals surface area contributed by atoms with Crippen LogP contribution in [0.2, 0.25) is 0 Å². The number of nitro benzene ring substituents is 1. The topological polar surface area (TPSA) is 125 Å². The van der Waals surface area contributed by atoms with Gasteiger partial charge >= 0.3 is 5.97 Å². The Balaban J connectivity index is 2.26. The SMILES string of the molecule is COc1cc([N+](=O)[O-])ccc1Oc1ccc(C(=O)O)nn1. The predicted molar refractivity (Wildman–Crippen MR) is 68.7 cm³/mol. The highest BCUT2D eigenvalue weighted by atomic mass is 16.6. The highest BCUT2D eigenvalue weighted by Crippen LogP contribution is 2.33. The number of benzene rings is 1. The lowest BCUT2D eigenvalue weighted by molar-refractivity contribution is -0.384. The van der Waals surface area contributed by atoms with Crippen LogP contribution in [0, 0.1) is 10.1 Å². The first-order valence-electron chi connectivity index (χ1n) is 5.58. The van der Waals surface area contributed by atoms with E-state index < -0.39 is 10.9 Å². The smallest absolute Gasteiger partial charge is 0.356 e. The maximum absolute atomic E-state index is 10.7. The Kier molecular flexibility index (Phi) is 3.93. The summed E-state index contributed by atoms with van der Waals surface area (Å²) in [5.74, 6) is -0.831. The fraction of sp³-hybridized carbons (Fsp3) is 0.0833. The molecule has 0 bridgehead atoms. The number of aromatic carboxylic acids is 1. The first kappa shape index (κ1) is 14.2. The number of carboxylic acids is 1. The highest BCUT2D eigenvalue weighted by molar-refractivity contribution is 5.84. The zero-order valence-electron chi connectivity index (χ0n) is 10.7. The van der Waals surface area contributed by atoms with Crippen molar-refractivity contribution in [3.05, 3.63) is 46.1 Å². The second kappa shape index (κ2) is 5.82. The van der Waals surface area contributed by atoms with E-state index in [1.807, 2.05) is 0 Å². The van der Waals surface area contributed by atoms with E-state index in [0.717, 1.165) is 0 Å². The minimum atomic E-state index is -1.21. The van der Waals surface area contributed by atoms with Crippen molar-refractivity contribution in [2.45, 2.75) is 0 Å². The van der Waals surface area contributed by atoms with E-state index >= 15 is 0 Å². The van der Waals surface area contributed by atoms with Crippen LogP contribution in [-0.4, -0.2) is 33.3 Å². The summed E-state index contributed by atoms with van der Waals surface area (Å²) in [7, 11) is 1.34. The van der Waals surface area contributed by atoms with E-state index in [1.54, 1.807) is 0 Å². The van der Waals surface area contributed by atoms with Crippen molar-refractivity contribution < 1.29 is 24.3 Å². The Morgan fingerprint density at radius 3 is 2.52 bits per heavy atom. The lowest BCUT2D eigenvalue weighted by atomic mass is 10.3. The molecule has 2 rings (SSSR count). The maximum Gasteiger partial charge on any atom is 0.356 e. The molecular weight excluding hydrogens is 282 g/mol. The number of hydrogen-bond acceptors (Lipinski definition) is 7. The van der Waals surface area contributed by atoms with Crippen LogP contribution < -0.4 is 9.47 Å². The Hall–Kier alpha value is -3.23. The third-order valence-corrected chi connectivity index (χ3v) is 2.43. The maximum atomic E-state index is 10.7. The number of methoxy groups -OCH3 is 1. The van der Waals surface area contributed by atoms with Crippen LogP contribution in [0.3, 0.4) is 0 Å². The molecule has 0 unspecified atom stereocenters. The minimum Gasteiger partial charge on any atom is -0.493 e. The summed E-state index contributed by atoms with van der Waals surface area (Å²) in [5.41, 5.74) is -0.371. The van der Waals surface area contributed by atoms with Gasteiger partial charge in [-0.25, -0.2) is 4.79 Å². The van der Waals surface area contributed by atoms with Crippen LogP contribution in [-0.2, 0) is 0 Å². The fourth-order valence-corrected chi connectivity index (χ4v) is 1.46. The van der Waals surface area contributed by atoms with Gasteiger partial charge in [-0.2, -0.15) is 0 Å². The monoisotopic (exact) mass is 291 g/mol. The largest absolute Gasteiger partial charge is 0.493 e. The Morgan fingerprint density at radius 1 is 1.24 bits per heavy atom. The van der Waals surface area contributed by atoms with Crippen LogP contribution >= 0.6 is 0 Å². The summed E-state index contributed by atoms with van der Waals surface area (Å²) in [5, 5.41) is 26.4. The van der Waals surface area contributed by atoms with E-state index in [1.165, 1.54) is 37.4 Å². The number of non-ortho nitro benzene ring substituents is 1. The van der Waals surface area contributed by atoms with Crippen LogP contribution in [0.4, 0.5) is 5.69 Å². The predicted octanol–water partition coefficient (Wildman–Crippen LogP) is 1.88. The average Bonchev–Trinajstić information content (AvgIpc) is 2.48. The molecule has 1 heterocycles. The van der Waals surface area contributed by atoms with Gasteiger partial charge in [0.05, 0.1) is 18.1 Å². The van der Waals surface area contributed by atoms with Crippen molar-refractivity contribution in [1.82, 2.24) is 10.2 Å². The van der Waals surface area contributed by atoms with Crippen molar-refractivity contribution in [2.75, 3.05) is 7.11 Å². The van der Waals surface area contributed by atoms with Gasteiger partial charge in [0.25, 0.3) is 5.69 Å². The molecule has 9 nitrogen and oxygen atoms in total.